The van der Waals surface area contributed by atoms with Crippen LogP contribution in [0.4, 0.5) is 0 Å². The minimum atomic E-state index is -1.49. The van der Waals surface area contributed by atoms with Crippen LogP contribution in [0.2, 0.25) is 0 Å². The highest BCUT2D eigenvalue weighted by atomic mass is 16.6. The maximum Gasteiger partial charge on any atom is 0.220 e. The van der Waals surface area contributed by atoms with E-state index in [1.165, 1.54) is 0 Å². The van der Waals surface area contributed by atoms with Crippen molar-refractivity contribution in [3.8, 4) is 22.6 Å². The summed E-state index contributed by atoms with van der Waals surface area (Å²) in [5, 5.41) is 9.84. The minimum absolute atomic E-state index is 0.248. The standard InChI is InChI=1S/C18H20O5/c1-4-23-18(20)17(19)15-9-8-14(22-3)11-16(15)12-6-5-7-13(10-12)21-2/h5-11,18,20H,4H2,1-3H3. The van der Waals surface area contributed by atoms with Crippen LogP contribution in [0, 0.1) is 0 Å². The molecule has 1 atom stereocenters. The zero-order valence-corrected chi connectivity index (χ0v) is 13.4. The summed E-state index contributed by atoms with van der Waals surface area (Å²) >= 11 is 0. The lowest BCUT2D eigenvalue weighted by molar-refractivity contribution is -0.0674. The first-order valence-electron chi connectivity index (χ1n) is 7.27. The van der Waals surface area contributed by atoms with Crippen LogP contribution in [0.25, 0.3) is 11.1 Å². The van der Waals surface area contributed by atoms with Crippen molar-refractivity contribution in [3.63, 3.8) is 0 Å². The third-order valence-electron chi connectivity index (χ3n) is 3.42. The van der Waals surface area contributed by atoms with Gasteiger partial charge < -0.3 is 19.3 Å². The monoisotopic (exact) mass is 316 g/mol. The SMILES string of the molecule is CCOC(O)C(=O)c1ccc(OC)cc1-c1cccc(OC)c1. The van der Waals surface area contributed by atoms with Crippen LogP contribution in [-0.2, 0) is 4.74 Å². The van der Waals surface area contributed by atoms with E-state index >= 15 is 0 Å². The molecule has 0 bridgehead atoms. The van der Waals surface area contributed by atoms with E-state index in [-0.39, 0.29) is 6.61 Å². The van der Waals surface area contributed by atoms with Gasteiger partial charge in [-0.25, -0.2) is 0 Å². The molecule has 2 aromatic rings. The molecule has 1 N–H and O–H groups in total. The highest BCUT2D eigenvalue weighted by Crippen LogP contribution is 2.31. The zero-order chi connectivity index (χ0) is 16.8. The third kappa shape index (κ3) is 3.88. The molecule has 0 amide bonds. The van der Waals surface area contributed by atoms with Crippen molar-refractivity contribution in [2.75, 3.05) is 20.8 Å². The number of aliphatic hydroxyl groups is 1. The maximum absolute atomic E-state index is 12.4. The van der Waals surface area contributed by atoms with E-state index in [1.54, 1.807) is 39.3 Å². The Hall–Kier alpha value is -2.37. The van der Waals surface area contributed by atoms with Gasteiger partial charge in [-0.2, -0.15) is 0 Å². The normalized spacial score (nSPS) is 11.8. The summed E-state index contributed by atoms with van der Waals surface area (Å²) in [6, 6.07) is 12.4. The van der Waals surface area contributed by atoms with E-state index in [0.717, 1.165) is 5.56 Å². The predicted octanol–water partition coefficient (Wildman–Crippen LogP) is 2.91. The largest absolute Gasteiger partial charge is 0.497 e. The predicted molar refractivity (Wildman–Crippen MR) is 86.9 cm³/mol. The Balaban J connectivity index is 2.52. The van der Waals surface area contributed by atoms with Gasteiger partial charge in [-0.3, -0.25) is 4.79 Å². The quantitative estimate of drug-likeness (QED) is 0.628. The second-order valence-electron chi connectivity index (χ2n) is 4.82. The van der Waals surface area contributed by atoms with Gasteiger partial charge in [-0.05, 0) is 48.4 Å². The molecule has 0 heterocycles. The van der Waals surface area contributed by atoms with E-state index < -0.39 is 12.1 Å². The van der Waals surface area contributed by atoms with Gasteiger partial charge in [0.05, 0.1) is 14.2 Å². The van der Waals surface area contributed by atoms with Gasteiger partial charge in [0.1, 0.15) is 11.5 Å². The molecule has 5 nitrogen and oxygen atoms in total. The van der Waals surface area contributed by atoms with Crippen molar-refractivity contribution in [3.05, 3.63) is 48.0 Å². The number of benzene rings is 2. The minimum Gasteiger partial charge on any atom is -0.497 e. The first kappa shape index (κ1) is 17.0. The Morgan fingerprint density at radius 3 is 2.43 bits per heavy atom. The van der Waals surface area contributed by atoms with Gasteiger partial charge >= 0.3 is 0 Å². The van der Waals surface area contributed by atoms with Crippen molar-refractivity contribution < 1.29 is 24.1 Å². The van der Waals surface area contributed by atoms with Crippen molar-refractivity contribution in [2.24, 2.45) is 0 Å². The molecule has 0 aliphatic rings. The Morgan fingerprint density at radius 1 is 1.09 bits per heavy atom. The van der Waals surface area contributed by atoms with Crippen molar-refractivity contribution in [1.29, 1.82) is 0 Å². The summed E-state index contributed by atoms with van der Waals surface area (Å²) in [6.07, 6.45) is -1.49. The number of carbonyl (C=O) groups excluding carboxylic acids is 1. The molecule has 0 fully saturated rings. The number of ketones is 1. The molecular weight excluding hydrogens is 296 g/mol. The van der Waals surface area contributed by atoms with Crippen LogP contribution < -0.4 is 9.47 Å². The second-order valence-corrected chi connectivity index (χ2v) is 4.82. The number of rotatable bonds is 7. The zero-order valence-electron chi connectivity index (χ0n) is 13.4. The molecule has 0 saturated carbocycles. The molecule has 122 valence electrons. The highest BCUT2D eigenvalue weighted by Gasteiger charge is 2.21. The fourth-order valence-corrected chi connectivity index (χ4v) is 2.26. The van der Waals surface area contributed by atoms with Crippen LogP contribution in [0.15, 0.2) is 42.5 Å². The fourth-order valence-electron chi connectivity index (χ4n) is 2.26. The Bertz CT molecular complexity index is 681. The van der Waals surface area contributed by atoms with E-state index in [4.69, 9.17) is 14.2 Å². The molecule has 0 aliphatic heterocycles. The lowest BCUT2D eigenvalue weighted by Gasteiger charge is -2.15. The summed E-state index contributed by atoms with van der Waals surface area (Å²) < 4.78 is 15.5. The van der Waals surface area contributed by atoms with Crippen molar-refractivity contribution >= 4 is 5.78 Å². The number of Topliss-reactive ketones (excluding diaryl/α,β-unsaturated/α-hetero) is 1. The molecule has 0 aromatic heterocycles. The lowest BCUT2D eigenvalue weighted by Crippen LogP contribution is -2.24. The summed E-state index contributed by atoms with van der Waals surface area (Å²) in [6.45, 7) is 1.96. The average molecular weight is 316 g/mol. The van der Waals surface area contributed by atoms with Gasteiger partial charge in [0.25, 0.3) is 0 Å². The number of carbonyl (C=O) groups is 1. The Labute approximate surface area is 135 Å². The number of ether oxygens (including phenoxy) is 3. The van der Waals surface area contributed by atoms with E-state index in [1.807, 2.05) is 24.3 Å². The molecule has 2 rings (SSSR count). The van der Waals surface area contributed by atoms with Gasteiger partial charge in [-0.15, -0.1) is 0 Å². The maximum atomic E-state index is 12.4. The van der Waals surface area contributed by atoms with Gasteiger partial charge in [0.15, 0.2) is 0 Å². The fraction of sp³-hybridized carbons (Fsp3) is 0.278. The summed E-state index contributed by atoms with van der Waals surface area (Å²) in [7, 11) is 3.14. The summed E-state index contributed by atoms with van der Waals surface area (Å²) in [5.74, 6) is 0.798. The van der Waals surface area contributed by atoms with Crippen molar-refractivity contribution in [2.45, 2.75) is 13.2 Å². The molecular formula is C18H20O5. The smallest absolute Gasteiger partial charge is 0.220 e. The van der Waals surface area contributed by atoms with E-state index in [9.17, 15) is 9.90 Å². The molecule has 2 aromatic carbocycles. The van der Waals surface area contributed by atoms with Gasteiger partial charge in [-0.1, -0.05) is 12.1 Å². The molecule has 0 spiro atoms. The Morgan fingerprint density at radius 2 is 1.78 bits per heavy atom. The van der Waals surface area contributed by atoms with Gasteiger partial charge in [0.2, 0.25) is 12.1 Å². The molecule has 1 unspecified atom stereocenters. The first-order chi connectivity index (χ1) is 11.1. The third-order valence-corrected chi connectivity index (χ3v) is 3.42. The molecule has 0 saturated heterocycles. The topological polar surface area (TPSA) is 65.0 Å². The van der Waals surface area contributed by atoms with Crippen LogP contribution in [0.3, 0.4) is 0 Å². The van der Waals surface area contributed by atoms with Crippen LogP contribution >= 0.6 is 0 Å². The van der Waals surface area contributed by atoms with E-state index in [2.05, 4.69) is 0 Å². The number of methoxy groups -OCH3 is 2. The summed E-state index contributed by atoms with van der Waals surface area (Å²) in [4.78, 5) is 12.4. The number of hydrogen-bond acceptors (Lipinski definition) is 5. The number of aliphatic hydroxyl groups excluding tert-OH is 1. The molecule has 0 aliphatic carbocycles. The van der Waals surface area contributed by atoms with Gasteiger partial charge in [0, 0.05) is 12.2 Å². The summed E-state index contributed by atoms with van der Waals surface area (Å²) in [5.41, 5.74) is 1.79. The molecule has 5 heteroatoms. The Kier molecular flexibility index (Phi) is 5.73. The van der Waals surface area contributed by atoms with E-state index in [0.29, 0.717) is 22.6 Å². The lowest BCUT2D eigenvalue weighted by atomic mass is 9.96. The van der Waals surface area contributed by atoms with Crippen LogP contribution in [0.1, 0.15) is 17.3 Å². The number of hydrogen-bond donors (Lipinski definition) is 1. The van der Waals surface area contributed by atoms with Crippen molar-refractivity contribution in [1.82, 2.24) is 0 Å². The second kappa shape index (κ2) is 7.76. The average Bonchev–Trinajstić information content (AvgIpc) is 2.60. The highest BCUT2D eigenvalue weighted by molar-refractivity contribution is 6.04. The first-order valence-corrected chi connectivity index (χ1v) is 7.27. The molecule has 0 radical (unpaired) electrons. The van der Waals surface area contributed by atoms with Crippen LogP contribution in [0.5, 0.6) is 11.5 Å². The molecule has 23 heavy (non-hydrogen) atoms. The van der Waals surface area contributed by atoms with Crippen LogP contribution in [-0.4, -0.2) is 38.0 Å².